The number of aryl methyl sites for hydroxylation is 1. The molecule has 0 spiro atoms. The Kier molecular flexibility index (Phi) is 3.71. The highest BCUT2D eigenvalue weighted by Gasteiger charge is 2.16. The van der Waals surface area contributed by atoms with E-state index in [0.29, 0.717) is 17.9 Å². The van der Waals surface area contributed by atoms with E-state index in [0.717, 1.165) is 10.7 Å². The van der Waals surface area contributed by atoms with E-state index >= 15 is 0 Å². The van der Waals surface area contributed by atoms with Gasteiger partial charge in [0.1, 0.15) is 17.5 Å². The summed E-state index contributed by atoms with van der Waals surface area (Å²) < 4.78 is 5.17. The van der Waals surface area contributed by atoms with Crippen LogP contribution < -0.4 is 4.74 Å². The Morgan fingerprint density at radius 2 is 2.35 bits per heavy atom. The van der Waals surface area contributed by atoms with Crippen LogP contribution in [0.5, 0.6) is 5.75 Å². The zero-order valence-corrected chi connectivity index (χ0v) is 10.6. The van der Waals surface area contributed by atoms with Gasteiger partial charge in [-0.3, -0.25) is 4.98 Å². The van der Waals surface area contributed by atoms with Crippen LogP contribution in [0.25, 0.3) is 0 Å². The van der Waals surface area contributed by atoms with Crippen molar-refractivity contribution in [2.45, 2.75) is 19.4 Å². The van der Waals surface area contributed by atoms with Crippen LogP contribution in [-0.2, 0) is 6.42 Å². The van der Waals surface area contributed by atoms with E-state index in [2.05, 4.69) is 9.97 Å². The standard InChI is InChI=1S/C12H14N2O2S/c1-8-14-9(7-17-8)6-10(15)12-11(16-2)4-3-5-13-12/h3-5,7,10,15H,6H2,1-2H3. The summed E-state index contributed by atoms with van der Waals surface area (Å²) >= 11 is 1.58. The number of pyridine rings is 1. The summed E-state index contributed by atoms with van der Waals surface area (Å²) in [5, 5.41) is 13.1. The molecule has 1 unspecified atom stereocenters. The number of hydrogen-bond acceptors (Lipinski definition) is 5. The van der Waals surface area contributed by atoms with Crippen molar-refractivity contribution < 1.29 is 9.84 Å². The molecule has 0 radical (unpaired) electrons. The topological polar surface area (TPSA) is 55.2 Å². The molecule has 2 rings (SSSR count). The van der Waals surface area contributed by atoms with Crippen molar-refractivity contribution in [2.75, 3.05) is 7.11 Å². The van der Waals surface area contributed by atoms with Crippen molar-refractivity contribution in [3.63, 3.8) is 0 Å². The molecule has 2 aromatic heterocycles. The van der Waals surface area contributed by atoms with Gasteiger partial charge < -0.3 is 9.84 Å². The SMILES string of the molecule is COc1cccnc1C(O)Cc1csc(C)n1. The van der Waals surface area contributed by atoms with Gasteiger partial charge in [0.25, 0.3) is 0 Å². The molecular weight excluding hydrogens is 236 g/mol. The molecule has 0 aromatic carbocycles. The van der Waals surface area contributed by atoms with Crippen LogP contribution in [0.3, 0.4) is 0 Å². The Bertz CT molecular complexity index is 499. The predicted molar refractivity (Wildman–Crippen MR) is 66.3 cm³/mol. The highest BCUT2D eigenvalue weighted by Crippen LogP contribution is 2.25. The number of rotatable bonds is 4. The van der Waals surface area contributed by atoms with Gasteiger partial charge in [-0.15, -0.1) is 11.3 Å². The molecule has 0 saturated heterocycles. The van der Waals surface area contributed by atoms with Gasteiger partial charge in [0.15, 0.2) is 0 Å². The molecule has 1 N–H and O–H groups in total. The largest absolute Gasteiger partial charge is 0.495 e. The Morgan fingerprint density at radius 3 is 3.00 bits per heavy atom. The van der Waals surface area contributed by atoms with Crippen LogP contribution in [0.1, 0.15) is 22.5 Å². The number of nitrogens with zero attached hydrogens (tertiary/aromatic N) is 2. The Morgan fingerprint density at radius 1 is 1.53 bits per heavy atom. The molecule has 0 fully saturated rings. The van der Waals surface area contributed by atoms with Gasteiger partial charge in [0, 0.05) is 18.0 Å². The van der Waals surface area contributed by atoms with Crippen LogP contribution in [-0.4, -0.2) is 22.2 Å². The third kappa shape index (κ3) is 2.81. The number of aromatic nitrogens is 2. The minimum absolute atomic E-state index is 0.456. The van der Waals surface area contributed by atoms with Crippen LogP contribution in [0, 0.1) is 6.92 Å². The first-order valence-electron chi connectivity index (χ1n) is 5.28. The van der Waals surface area contributed by atoms with Crippen LogP contribution >= 0.6 is 11.3 Å². The maximum Gasteiger partial charge on any atom is 0.143 e. The zero-order valence-electron chi connectivity index (χ0n) is 9.75. The average Bonchev–Trinajstić information content (AvgIpc) is 2.74. The van der Waals surface area contributed by atoms with E-state index in [9.17, 15) is 5.11 Å². The highest BCUT2D eigenvalue weighted by molar-refractivity contribution is 7.09. The second kappa shape index (κ2) is 5.25. The lowest BCUT2D eigenvalue weighted by Gasteiger charge is -2.12. The lowest BCUT2D eigenvalue weighted by atomic mass is 10.1. The third-order valence-corrected chi connectivity index (χ3v) is 3.23. The molecule has 90 valence electrons. The van der Waals surface area contributed by atoms with Crippen molar-refractivity contribution in [2.24, 2.45) is 0 Å². The lowest BCUT2D eigenvalue weighted by molar-refractivity contribution is 0.168. The lowest BCUT2D eigenvalue weighted by Crippen LogP contribution is -2.06. The first kappa shape index (κ1) is 12.0. The van der Waals surface area contributed by atoms with Crippen molar-refractivity contribution in [3.05, 3.63) is 40.1 Å². The normalized spacial score (nSPS) is 12.4. The predicted octanol–water partition coefficient (Wildman–Crippen LogP) is 2.13. The summed E-state index contributed by atoms with van der Waals surface area (Å²) in [4.78, 5) is 8.47. The molecule has 2 aromatic rings. The molecular formula is C12H14N2O2S. The number of aliphatic hydroxyl groups is 1. The monoisotopic (exact) mass is 250 g/mol. The van der Waals surface area contributed by atoms with E-state index in [4.69, 9.17) is 4.74 Å². The molecule has 0 aliphatic carbocycles. The van der Waals surface area contributed by atoms with Crippen molar-refractivity contribution >= 4 is 11.3 Å². The molecule has 0 aliphatic heterocycles. The maximum absolute atomic E-state index is 10.1. The Labute approximate surface area is 104 Å². The maximum atomic E-state index is 10.1. The van der Waals surface area contributed by atoms with Crippen LogP contribution in [0.15, 0.2) is 23.7 Å². The fraction of sp³-hybridized carbons (Fsp3) is 0.333. The van der Waals surface area contributed by atoms with E-state index < -0.39 is 6.10 Å². The van der Waals surface area contributed by atoms with E-state index in [-0.39, 0.29) is 0 Å². The van der Waals surface area contributed by atoms with E-state index in [1.807, 2.05) is 12.3 Å². The second-order valence-electron chi connectivity index (χ2n) is 3.67. The summed E-state index contributed by atoms with van der Waals surface area (Å²) in [6.45, 7) is 1.95. The first-order chi connectivity index (χ1) is 8.20. The summed E-state index contributed by atoms with van der Waals surface area (Å²) in [7, 11) is 1.57. The summed E-state index contributed by atoms with van der Waals surface area (Å²) in [5.41, 5.74) is 1.44. The van der Waals surface area contributed by atoms with Gasteiger partial charge in [0.2, 0.25) is 0 Å². The fourth-order valence-electron chi connectivity index (χ4n) is 1.62. The number of ether oxygens (including phenoxy) is 1. The van der Waals surface area contributed by atoms with Gasteiger partial charge in [-0.25, -0.2) is 4.98 Å². The molecule has 5 heteroatoms. The minimum atomic E-state index is -0.687. The second-order valence-corrected chi connectivity index (χ2v) is 4.73. The zero-order chi connectivity index (χ0) is 12.3. The summed E-state index contributed by atoms with van der Waals surface area (Å²) in [5.74, 6) is 0.604. The number of methoxy groups -OCH3 is 1. The van der Waals surface area contributed by atoms with Gasteiger partial charge in [0.05, 0.1) is 17.8 Å². The molecule has 0 aliphatic rings. The van der Waals surface area contributed by atoms with E-state index in [1.54, 1.807) is 36.8 Å². The molecule has 0 bridgehead atoms. The summed E-state index contributed by atoms with van der Waals surface area (Å²) in [6.07, 6.45) is 1.41. The molecule has 17 heavy (non-hydrogen) atoms. The average molecular weight is 250 g/mol. The first-order valence-corrected chi connectivity index (χ1v) is 6.16. The number of aliphatic hydroxyl groups excluding tert-OH is 1. The van der Waals surface area contributed by atoms with Crippen molar-refractivity contribution in [3.8, 4) is 5.75 Å². The summed E-state index contributed by atoms with van der Waals surface area (Å²) in [6, 6.07) is 3.57. The molecule has 4 nitrogen and oxygen atoms in total. The Hall–Kier alpha value is -1.46. The quantitative estimate of drug-likeness (QED) is 0.903. The van der Waals surface area contributed by atoms with Gasteiger partial charge in [-0.1, -0.05) is 0 Å². The van der Waals surface area contributed by atoms with Gasteiger partial charge >= 0.3 is 0 Å². The van der Waals surface area contributed by atoms with E-state index in [1.165, 1.54) is 0 Å². The third-order valence-electron chi connectivity index (χ3n) is 2.40. The number of hydrogen-bond donors (Lipinski definition) is 1. The number of thiazole rings is 1. The van der Waals surface area contributed by atoms with Crippen LogP contribution in [0.4, 0.5) is 0 Å². The van der Waals surface area contributed by atoms with Gasteiger partial charge in [-0.2, -0.15) is 0 Å². The molecule has 2 heterocycles. The fourth-order valence-corrected chi connectivity index (χ4v) is 2.25. The molecule has 0 saturated carbocycles. The molecule has 1 atom stereocenters. The van der Waals surface area contributed by atoms with Crippen molar-refractivity contribution in [1.29, 1.82) is 0 Å². The highest BCUT2D eigenvalue weighted by atomic mass is 32.1. The van der Waals surface area contributed by atoms with Gasteiger partial charge in [-0.05, 0) is 19.1 Å². The minimum Gasteiger partial charge on any atom is -0.495 e. The van der Waals surface area contributed by atoms with Crippen molar-refractivity contribution in [1.82, 2.24) is 9.97 Å². The molecule has 0 amide bonds. The Balaban J connectivity index is 2.16. The van der Waals surface area contributed by atoms with Crippen LogP contribution in [0.2, 0.25) is 0 Å². The smallest absolute Gasteiger partial charge is 0.143 e.